The second-order valence-corrected chi connectivity index (χ2v) is 5.48. The molecule has 1 fully saturated rings. The summed E-state index contributed by atoms with van der Waals surface area (Å²) in [5, 5.41) is 0. The Hall–Kier alpha value is -0.830. The molecule has 0 atom stereocenters. The third kappa shape index (κ3) is 3.84. The first-order chi connectivity index (χ1) is 8.25. The Labute approximate surface area is 111 Å². The van der Waals surface area contributed by atoms with E-state index in [0.717, 1.165) is 43.2 Å². The quantitative estimate of drug-likeness (QED) is 0.763. The molecule has 0 N–H and O–H groups in total. The number of hydrogen-bond acceptors (Lipinski definition) is 1. The molecule has 92 valence electrons. The van der Waals surface area contributed by atoms with Gasteiger partial charge >= 0.3 is 0 Å². The molecule has 2 nitrogen and oxygen atoms in total. The normalized spacial score (nSPS) is 14.5. The Kier molecular flexibility index (Phi) is 4.60. The Morgan fingerprint density at radius 1 is 1.18 bits per heavy atom. The van der Waals surface area contributed by atoms with Crippen molar-refractivity contribution in [2.45, 2.75) is 32.1 Å². The number of benzene rings is 1. The number of hydrogen-bond donors (Lipinski definition) is 0. The minimum Gasteiger partial charge on any atom is -0.343 e. The number of nitrogens with zero attached hydrogens (tertiary/aromatic N) is 1. The SMILES string of the molecule is O=C(CCCCc1ccc(Br)cc1)N1CCC1. The van der Waals surface area contributed by atoms with Crippen molar-refractivity contribution in [1.82, 2.24) is 4.90 Å². The van der Waals surface area contributed by atoms with Gasteiger partial charge in [-0.05, 0) is 43.4 Å². The standard InChI is InChI=1S/C14H18BrNO/c15-13-8-6-12(7-9-13)4-1-2-5-14(17)16-10-3-11-16/h6-9H,1-5,10-11H2. The van der Waals surface area contributed by atoms with E-state index in [1.54, 1.807) is 0 Å². The minimum absolute atomic E-state index is 0.340. The predicted molar refractivity (Wildman–Crippen MR) is 72.9 cm³/mol. The van der Waals surface area contributed by atoms with Gasteiger partial charge < -0.3 is 4.90 Å². The Morgan fingerprint density at radius 3 is 2.47 bits per heavy atom. The van der Waals surface area contributed by atoms with E-state index < -0.39 is 0 Å². The zero-order chi connectivity index (χ0) is 12.1. The second-order valence-electron chi connectivity index (χ2n) is 4.57. The molecule has 1 aliphatic rings. The van der Waals surface area contributed by atoms with Crippen molar-refractivity contribution < 1.29 is 4.79 Å². The number of unbranched alkanes of at least 4 members (excludes halogenated alkanes) is 1. The Morgan fingerprint density at radius 2 is 1.88 bits per heavy atom. The number of aryl methyl sites for hydroxylation is 1. The molecule has 3 heteroatoms. The van der Waals surface area contributed by atoms with Gasteiger partial charge in [-0.1, -0.05) is 28.1 Å². The van der Waals surface area contributed by atoms with E-state index >= 15 is 0 Å². The first-order valence-corrected chi connectivity index (χ1v) is 7.07. The lowest BCUT2D eigenvalue weighted by Crippen LogP contribution is -2.41. The van der Waals surface area contributed by atoms with Crippen LogP contribution in [0.5, 0.6) is 0 Å². The minimum atomic E-state index is 0.340. The summed E-state index contributed by atoms with van der Waals surface area (Å²) in [6.07, 6.45) is 5.08. The van der Waals surface area contributed by atoms with Crippen molar-refractivity contribution in [3.05, 3.63) is 34.3 Å². The van der Waals surface area contributed by atoms with Crippen LogP contribution < -0.4 is 0 Å². The molecule has 1 saturated heterocycles. The van der Waals surface area contributed by atoms with Crippen LogP contribution in [-0.2, 0) is 11.2 Å². The number of amides is 1. The Bertz CT molecular complexity index is 370. The third-order valence-corrected chi connectivity index (χ3v) is 3.76. The predicted octanol–water partition coefficient (Wildman–Crippen LogP) is 3.39. The molecule has 1 aliphatic heterocycles. The first kappa shape index (κ1) is 12.6. The van der Waals surface area contributed by atoms with E-state index in [1.807, 2.05) is 4.90 Å². The Balaban J connectivity index is 1.62. The van der Waals surface area contributed by atoms with Gasteiger partial charge in [-0.2, -0.15) is 0 Å². The highest BCUT2D eigenvalue weighted by atomic mass is 79.9. The molecule has 0 aromatic heterocycles. The molecule has 0 saturated carbocycles. The van der Waals surface area contributed by atoms with Crippen LogP contribution in [0.3, 0.4) is 0 Å². The lowest BCUT2D eigenvalue weighted by molar-refractivity contribution is -0.134. The monoisotopic (exact) mass is 295 g/mol. The molecule has 1 amide bonds. The molecule has 1 aromatic rings. The average molecular weight is 296 g/mol. The molecule has 0 bridgehead atoms. The first-order valence-electron chi connectivity index (χ1n) is 6.28. The van der Waals surface area contributed by atoms with Gasteiger partial charge in [-0.15, -0.1) is 0 Å². The average Bonchev–Trinajstić information content (AvgIpc) is 2.24. The van der Waals surface area contributed by atoms with Crippen LogP contribution >= 0.6 is 15.9 Å². The van der Waals surface area contributed by atoms with Crippen molar-refractivity contribution in [3.8, 4) is 0 Å². The number of likely N-dealkylation sites (tertiary alicyclic amines) is 1. The zero-order valence-corrected chi connectivity index (χ0v) is 11.6. The smallest absolute Gasteiger partial charge is 0.222 e. The number of halogens is 1. The van der Waals surface area contributed by atoms with Crippen molar-refractivity contribution in [2.75, 3.05) is 13.1 Å². The fraction of sp³-hybridized carbons (Fsp3) is 0.500. The van der Waals surface area contributed by atoms with Crippen LogP contribution in [0.2, 0.25) is 0 Å². The van der Waals surface area contributed by atoms with Crippen molar-refractivity contribution in [2.24, 2.45) is 0 Å². The largest absolute Gasteiger partial charge is 0.343 e. The van der Waals surface area contributed by atoms with Crippen LogP contribution in [-0.4, -0.2) is 23.9 Å². The van der Waals surface area contributed by atoms with E-state index in [0.29, 0.717) is 5.91 Å². The van der Waals surface area contributed by atoms with Crippen molar-refractivity contribution in [3.63, 3.8) is 0 Å². The summed E-state index contributed by atoms with van der Waals surface area (Å²) in [5.41, 5.74) is 1.35. The summed E-state index contributed by atoms with van der Waals surface area (Å²) in [6, 6.07) is 8.42. The second kappa shape index (κ2) is 6.20. The molecule has 2 rings (SSSR count). The van der Waals surface area contributed by atoms with Gasteiger partial charge in [-0.3, -0.25) is 4.79 Å². The van der Waals surface area contributed by atoms with Crippen LogP contribution in [0.15, 0.2) is 28.7 Å². The van der Waals surface area contributed by atoms with Gasteiger partial charge in [0.1, 0.15) is 0 Å². The molecular weight excluding hydrogens is 278 g/mol. The highest BCUT2D eigenvalue weighted by Gasteiger charge is 2.18. The van der Waals surface area contributed by atoms with Crippen molar-refractivity contribution >= 4 is 21.8 Å². The van der Waals surface area contributed by atoms with Gasteiger partial charge in [0.05, 0.1) is 0 Å². The molecule has 1 heterocycles. The van der Waals surface area contributed by atoms with Gasteiger partial charge in [0.25, 0.3) is 0 Å². The lowest BCUT2D eigenvalue weighted by Gasteiger charge is -2.30. The molecular formula is C14H18BrNO. The third-order valence-electron chi connectivity index (χ3n) is 3.23. The van der Waals surface area contributed by atoms with Gasteiger partial charge in [0.2, 0.25) is 5.91 Å². The van der Waals surface area contributed by atoms with Crippen LogP contribution in [0.4, 0.5) is 0 Å². The lowest BCUT2D eigenvalue weighted by atomic mass is 10.1. The maximum Gasteiger partial charge on any atom is 0.222 e. The van der Waals surface area contributed by atoms with E-state index in [4.69, 9.17) is 0 Å². The van der Waals surface area contributed by atoms with Gasteiger partial charge in [-0.25, -0.2) is 0 Å². The molecule has 0 unspecified atom stereocenters. The van der Waals surface area contributed by atoms with E-state index in [9.17, 15) is 4.79 Å². The molecule has 17 heavy (non-hydrogen) atoms. The summed E-state index contributed by atoms with van der Waals surface area (Å²) in [7, 11) is 0. The summed E-state index contributed by atoms with van der Waals surface area (Å²) >= 11 is 3.43. The fourth-order valence-electron chi connectivity index (χ4n) is 1.98. The summed E-state index contributed by atoms with van der Waals surface area (Å²) in [4.78, 5) is 13.6. The summed E-state index contributed by atoms with van der Waals surface area (Å²) in [5.74, 6) is 0.340. The van der Waals surface area contributed by atoms with Gasteiger partial charge in [0.15, 0.2) is 0 Å². The summed E-state index contributed by atoms with van der Waals surface area (Å²) in [6.45, 7) is 1.96. The van der Waals surface area contributed by atoms with E-state index in [2.05, 4.69) is 40.2 Å². The zero-order valence-electron chi connectivity index (χ0n) is 9.99. The maximum absolute atomic E-state index is 11.6. The molecule has 1 aromatic carbocycles. The number of rotatable bonds is 5. The topological polar surface area (TPSA) is 20.3 Å². The highest BCUT2D eigenvalue weighted by Crippen LogP contribution is 2.14. The van der Waals surface area contributed by atoms with Crippen molar-refractivity contribution in [1.29, 1.82) is 0 Å². The van der Waals surface area contributed by atoms with E-state index in [1.165, 1.54) is 12.0 Å². The number of carbonyl (C=O) groups excluding carboxylic acids is 1. The van der Waals surface area contributed by atoms with Crippen LogP contribution in [0.1, 0.15) is 31.2 Å². The van der Waals surface area contributed by atoms with E-state index in [-0.39, 0.29) is 0 Å². The maximum atomic E-state index is 11.6. The highest BCUT2D eigenvalue weighted by molar-refractivity contribution is 9.10. The van der Waals surface area contributed by atoms with Crippen LogP contribution in [0.25, 0.3) is 0 Å². The number of carbonyl (C=O) groups is 1. The molecule has 0 aliphatic carbocycles. The molecule has 0 radical (unpaired) electrons. The summed E-state index contributed by atoms with van der Waals surface area (Å²) < 4.78 is 1.12. The molecule has 0 spiro atoms. The van der Waals surface area contributed by atoms with Crippen LogP contribution in [0, 0.1) is 0 Å². The van der Waals surface area contributed by atoms with Gasteiger partial charge in [0, 0.05) is 24.0 Å². The fourth-order valence-corrected chi connectivity index (χ4v) is 2.24.